The van der Waals surface area contributed by atoms with Crippen LogP contribution in [0.15, 0.2) is 48.5 Å². The number of carbonyl (C=O) groups is 1. The summed E-state index contributed by atoms with van der Waals surface area (Å²) in [5.74, 6) is 0.0497. The second kappa shape index (κ2) is 10.2. The number of amides is 1. The van der Waals surface area contributed by atoms with Gasteiger partial charge in [0.15, 0.2) is 6.61 Å². The van der Waals surface area contributed by atoms with Crippen LogP contribution in [0.4, 0.5) is 9.39 Å². The van der Waals surface area contributed by atoms with Gasteiger partial charge in [0.25, 0.3) is 5.91 Å². The van der Waals surface area contributed by atoms with Gasteiger partial charge in [-0.15, -0.1) is 11.3 Å². The number of nitrogens with zero attached hydrogens (tertiary/aromatic N) is 3. The average molecular weight is 438 g/mol. The summed E-state index contributed by atoms with van der Waals surface area (Å²) in [7, 11) is 0. The largest absolute Gasteiger partial charge is 0.484 e. The molecular weight excluding hydrogens is 413 g/mol. The maximum absolute atomic E-state index is 13.4. The van der Waals surface area contributed by atoms with E-state index in [1.807, 2.05) is 13.0 Å². The molecule has 0 radical (unpaired) electrons. The van der Waals surface area contributed by atoms with Gasteiger partial charge < -0.3 is 4.74 Å². The molecule has 0 unspecified atom stereocenters. The van der Waals surface area contributed by atoms with Gasteiger partial charge in [-0.2, -0.15) is 5.26 Å². The molecule has 5 nitrogen and oxygen atoms in total. The van der Waals surface area contributed by atoms with Gasteiger partial charge in [0.05, 0.1) is 28.9 Å². The van der Waals surface area contributed by atoms with Crippen molar-refractivity contribution in [1.82, 2.24) is 4.98 Å². The Bertz CT molecular complexity index is 1100. The van der Waals surface area contributed by atoms with Crippen molar-refractivity contribution < 1.29 is 13.9 Å². The van der Waals surface area contributed by atoms with Crippen molar-refractivity contribution in [2.45, 2.75) is 33.7 Å². The third kappa shape index (κ3) is 6.12. The Balaban J connectivity index is 1.87. The zero-order valence-corrected chi connectivity index (χ0v) is 18.6. The molecule has 7 heteroatoms. The predicted molar refractivity (Wildman–Crippen MR) is 120 cm³/mol. The molecule has 0 atom stereocenters. The molecule has 2 aromatic carbocycles. The quantitative estimate of drug-likeness (QED) is 0.481. The van der Waals surface area contributed by atoms with Crippen molar-refractivity contribution in [3.63, 3.8) is 0 Å². The second-order valence-electron chi connectivity index (χ2n) is 7.63. The molecule has 1 aromatic heterocycles. The smallest absolute Gasteiger partial charge is 0.265 e. The fourth-order valence-corrected chi connectivity index (χ4v) is 4.40. The van der Waals surface area contributed by atoms with Crippen LogP contribution in [0.5, 0.6) is 5.75 Å². The molecule has 0 aliphatic carbocycles. The van der Waals surface area contributed by atoms with E-state index in [2.05, 4.69) is 24.9 Å². The molecule has 31 heavy (non-hydrogen) atoms. The number of hydrogen-bond donors (Lipinski definition) is 0. The minimum atomic E-state index is -0.424. The Morgan fingerprint density at radius 1 is 1.26 bits per heavy atom. The summed E-state index contributed by atoms with van der Waals surface area (Å²) in [6, 6.07) is 15.0. The lowest BCUT2D eigenvalue weighted by atomic mass is 10.1. The molecule has 0 spiro atoms. The number of thiazole rings is 1. The highest BCUT2D eigenvalue weighted by Gasteiger charge is 2.23. The Kier molecular flexibility index (Phi) is 7.37. The van der Waals surface area contributed by atoms with Crippen molar-refractivity contribution in [3.05, 3.63) is 76.2 Å². The molecule has 0 N–H and O–H groups in total. The van der Waals surface area contributed by atoms with Gasteiger partial charge in [-0.3, -0.25) is 9.69 Å². The summed E-state index contributed by atoms with van der Waals surface area (Å²) in [4.78, 5) is 19.4. The van der Waals surface area contributed by atoms with Crippen molar-refractivity contribution in [1.29, 1.82) is 5.26 Å². The van der Waals surface area contributed by atoms with E-state index in [0.717, 1.165) is 27.7 Å². The number of anilines is 1. The standard InChI is InChI=1S/C24H24FN3O2S/c1-16(2)10-22-27-17(3)24(31-22)28(14-19-7-4-6-18(11-19)13-26)23(29)15-30-21-9-5-8-20(25)12-21/h4-9,11-12,16H,10,14-15H2,1-3H3. The number of benzene rings is 2. The van der Waals surface area contributed by atoms with E-state index in [1.165, 1.54) is 29.5 Å². The number of aryl methyl sites for hydroxylation is 1. The van der Waals surface area contributed by atoms with Gasteiger partial charge in [0, 0.05) is 12.5 Å². The summed E-state index contributed by atoms with van der Waals surface area (Å²) in [6.07, 6.45) is 0.831. The molecule has 1 heterocycles. The van der Waals surface area contributed by atoms with Crippen LogP contribution >= 0.6 is 11.3 Å². The summed E-state index contributed by atoms with van der Waals surface area (Å²) < 4.78 is 19.0. The minimum absolute atomic E-state index is 0.238. The third-order valence-electron chi connectivity index (χ3n) is 4.50. The number of aromatic nitrogens is 1. The third-order valence-corrected chi connectivity index (χ3v) is 5.70. The molecule has 0 fully saturated rings. The van der Waals surface area contributed by atoms with Crippen LogP contribution in [0.25, 0.3) is 0 Å². The highest BCUT2D eigenvalue weighted by atomic mass is 32.1. The van der Waals surface area contributed by atoms with Crippen molar-refractivity contribution >= 4 is 22.2 Å². The number of ether oxygens (including phenoxy) is 1. The van der Waals surface area contributed by atoms with E-state index in [1.54, 1.807) is 29.2 Å². The van der Waals surface area contributed by atoms with Crippen LogP contribution in [0.2, 0.25) is 0 Å². The van der Waals surface area contributed by atoms with E-state index in [0.29, 0.717) is 17.2 Å². The lowest BCUT2D eigenvalue weighted by molar-refractivity contribution is -0.120. The van der Waals surface area contributed by atoms with Crippen LogP contribution in [0.1, 0.15) is 35.7 Å². The average Bonchev–Trinajstić information content (AvgIpc) is 3.09. The van der Waals surface area contributed by atoms with E-state index in [4.69, 9.17) is 4.74 Å². The monoisotopic (exact) mass is 437 g/mol. The molecule has 1 amide bonds. The first-order chi connectivity index (χ1) is 14.9. The van der Waals surface area contributed by atoms with Gasteiger partial charge in [-0.25, -0.2) is 9.37 Å². The van der Waals surface area contributed by atoms with E-state index in [9.17, 15) is 14.4 Å². The summed E-state index contributed by atoms with van der Waals surface area (Å²) in [6.45, 7) is 6.18. The topological polar surface area (TPSA) is 66.2 Å². The highest BCUT2D eigenvalue weighted by molar-refractivity contribution is 7.16. The van der Waals surface area contributed by atoms with Crippen molar-refractivity contribution in [2.24, 2.45) is 5.92 Å². The van der Waals surface area contributed by atoms with E-state index >= 15 is 0 Å². The fraction of sp³-hybridized carbons (Fsp3) is 0.292. The van der Waals surface area contributed by atoms with E-state index in [-0.39, 0.29) is 19.1 Å². The van der Waals surface area contributed by atoms with Crippen LogP contribution in [0, 0.1) is 30.0 Å². The maximum atomic E-state index is 13.4. The molecule has 0 bridgehead atoms. The van der Waals surface area contributed by atoms with Crippen LogP contribution in [0.3, 0.4) is 0 Å². The normalized spacial score (nSPS) is 10.7. The van der Waals surface area contributed by atoms with Gasteiger partial charge in [0.1, 0.15) is 16.6 Å². The van der Waals surface area contributed by atoms with Gasteiger partial charge in [-0.05, 0) is 42.7 Å². The molecule has 0 saturated carbocycles. The van der Waals surface area contributed by atoms with Crippen molar-refractivity contribution in [3.8, 4) is 11.8 Å². The first kappa shape index (κ1) is 22.4. The molecule has 3 rings (SSSR count). The lowest BCUT2D eigenvalue weighted by Crippen LogP contribution is -2.34. The Morgan fingerprint density at radius 2 is 2.03 bits per heavy atom. The number of hydrogen-bond acceptors (Lipinski definition) is 5. The predicted octanol–water partition coefficient (Wildman–Crippen LogP) is 5.27. The molecule has 0 aliphatic heterocycles. The number of carbonyl (C=O) groups excluding carboxylic acids is 1. The maximum Gasteiger partial charge on any atom is 0.265 e. The number of halogens is 1. The minimum Gasteiger partial charge on any atom is -0.484 e. The number of rotatable bonds is 8. The fourth-order valence-electron chi connectivity index (χ4n) is 3.10. The Hall–Kier alpha value is -3.24. The molecular formula is C24H24FN3O2S. The summed E-state index contributed by atoms with van der Waals surface area (Å²) >= 11 is 1.49. The first-order valence-electron chi connectivity index (χ1n) is 9.99. The second-order valence-corrected chi connectivity index (χ2v) is 8.70. The summed E-state index contributed by atoms with van der Waals surface area (Å²) in [5, 5.41) is 10.9. The van der Waals surface area contributed by atoms with Crippen LogP contribution < -0.4 is 9.64 Å². The number of nitriles is 1. The zero-order chi connectivity index (χ0) is 22.4. The van der Waals surface area contributed by atoms with Gasteiger partial charge in [-0.1, -0.05) is 32.0 Å². The zero-order valence-electron chi connectivity index (χ0n) is 17.8. The summed E-state index contributed by atoms with van der Waals surface area (Å²) in [5.41, 5.74) is 2.13. The van der Waals surface area contributed by atoms with Gasteiger partial charge >= 0.3 is 0 Å². The molecule has 0 saturated heterocycles. The SMILES string of the molecule is Cc1nc(CC(C)C)sc1N(Cc1cccc(C#N)c1)C(=O)COc1cccc(F)c1. The van der Waals surface area contributed by atoms with Crippen LogP contribution in [-0.4, -0.2) is 17.5 Å². The molecule has 0 aliphatic rings. The highest BCUT2D eigenvalue weighted by Crippen LogP contribution is 2.31. The Labute approximate surface area is 185 Å². The van der Waals surface area contributed by atoms with E-state index < -0.39 is 5.82 Å². The lowest BCUT2D eigenvalue weighted by Gasteiger charge is -2.22. The molecule has 160 valence electrons. The first-order valence-corrected chi connectivity index (χ1v) is 10.8. The Morgan fingerprint density at radius 3 is 2.74 bits per heavy atom. The van der Waals surface area contributed by atoms with Gasteiger partial charge in [0.2, 0.25) is 0 Å². The van der Waals surface area contributed by atoms with Crippen LogP contribution in [-0.2, 0) is 17.8 Å². The van der Waals surface area contributed by atoms with Crippen molar-refractivity contribution in [2.75, 3.05) is 11.5 Å². The molecule has 3 aromatic rings.